The lowest BCUT2D eigenvalue weighted by Crippen LogP contribution is -2.31. The molecule has 3 aromatic carbocycles. The fourth-order valence-electron chi connectivity index (χ4n) is 4.77. The van der Waals surface area contributed by atoms with Gasteiger partial charge in [0.05, 0.1) is 5.56 Å². The van der Waals surface area contributed by atoms with Gasteiger partial charge in [-0.1, -0.05) is 60.3 Å². The minimum atomic E-state index is -4.40. The highest BCUT2D eigenvalue weighted by atomic mass is 32.2. The summed E-state index contributed by atoms with van der Waals surface area (Å²) in [4.78, 5) is 42.8. The van der Waals surface area contributed by atoms with E-state index in [4.69, 9.17) is 0 Å². The third kappa shape index (κ3) is 8.85. The smallest absolute Gasteiger partial charge is 0.347 e. The summed E-state index contributed by atoms with van der Waals surface area (Å²) in [5.74, 6) is 0.347. The van der Waals surface area contributed by atoms with Crippen LogP contribution in [0.2, 0.25) is 0 Å². The third-order valence-corrected chi connectivity index (χ3v) is 8.51. The van der Waals surface area contributed by atoms with Crippen molar-refractivity contribution < 1.29 is 22.4 Å². The Balaban J connectivity index is 1.32. The second-order valence-corrected chi connectivity index (χ2v) is 12.3. The number of likely N-dealkylation sites (N-methyl/N-ethyl adjacent to an activating group) is 1. The van der Waals surface area contributed by atoms with Crippen LogP contribution in [0.15, 0.2) is 101 Å². The fraction of sp³-hybridized carbons (Fsp3) is 0.229. The summed E-state index contributed by atoms with van der Waals surface area (Å²) < 4.78 is 53.9. The van der Waals surface area contributed by atoms with Gasteiger partial charge in [0.25, 0.3) is 5.56 Å². The summed E-state index contributed by atoms with van der Waals surface area (Å²) in [6.07, 6.45) is 0.738. The van der Waals surface area contributed by atoms with Crippen LogP contribution in [0.1, 0.15) is 27.8 Å². The number of halogens is 4. The molecule has 248 valence electrons. The van der Waals surface area contributed by atoms with E-state index < -0.39 is 17.3 Å². The van der Waals surface area contributed by atoms with Crippen LogP contribution in [0.4, 0.5) is 23.5 Å². The van der Waals surface area contributed by atoms with E-state index in [0.717, 1.165) is 28.8 Å². The number of nitrogens with zero attached hydrogens (tertiary/aromatic N) is 6. The molecule has 8 nitrogen and oxygen atoms in total. The topological polar surface area (TPSA) is 84.2 Å². The number of alkyl halides is 3. The number of anilines is 1. The molecule has 1 amide bonds. The molecule has 5 aromatic rings. The maximum absolute atomic E-state index is 13.5. The van der Waals surface area contributed by atoms with Crippen LogP contribution in [0, 0.1) is 5.82 Å². The van der Waals surface area contributed by atoms with Gasteiger partial charge in [-0.25, -0.2) is 14.4 Å². The SMILES string of the molecule is CN(Cc1ccc(-c2ccc(C(F)(F)F)cc2)cc1)C(=O)Cn1cc(Cc2cnc(N(C)C)nc2)c(=O)nc1SCc1ccc(F)cc1. The molecule has 13 heteroatoms. The van der Waals surface area contributed by atoms with Crippen LogP contribution >= 0.6 is 11.8 Å². The van der Waals surface area contributed by atoms with Crippen LogP contribution in [0.25, 0.3) is 11.1 Å². The molecule has 0 atom stereocenters. The van der Waals surface area contributed by atoms with Crippen molar-refractivity contribution in [2.45, 2.75) is 36.6 Å². The van der Waals surface area contributed by atoms with Gasteiger partial charge in [-0.2, -0.15) is 18.2 Å². The van der Waals surface area contributed by atoms with Gasteiger partial charge in [-0.05, 0) is 52.1 Å². The minimum Gasteiger partial charge on any atom is -0.347 e. The van der Waals surface area contributed by atoms with Crippen molar-refractivity contribution in [3.63, 3.8) is 0 Å². The van der Waals surface area contributed by atoms with Crippen LogP contribution in [-0.4, -0.2) is 51.5 Å². The second-order valence-electron chi connectivity index (χ2n) is 11.4. The molecule has 0 fully saturated rings. The standard InChI is InChI=1S/C35H32F4N6O2S/c1-43(2)33-40-17-25(18-41-33)16-28-20-45(34(42-32(28)47)48-22-24-6-14-30(36)15-7-24)21-31(46)44(3)19-23-4-8-26(9-5-23)27-10-12-29(13-11-27)35(37,38)39/h4-15,17-18,20H,16,19,21-22H2,1-3H3. The van der Waals surface area contributed by atoms with Crippen LogP contribution in [0.5, 0.6) is 0 Å². The summed E-state index contributed by atoms with van der Waals surface area (Å²) in [5.41, 5.74) is 2.98. The molecular formula is C35H32F4N6O2S. The van der Waals surface area contributed by atoms with Crippen molar-refractivity contribution in [3.8, 4) is 11.1 Å². The number of hydrogen-bond acceptors (Lipinski definition) is 7. The van der Waals surface area contributed by atoms with E-state index in [9.17, 15) is 27.2 Å². The number of carbonyl (C=O) groups excluding carboxylic acids is 1. The number of hydrogen-bond donors (Lipinski definition) is 0. The Labute approximate surface area is 279 Å². The molecule has 0 N–H and O–H groups in total. The average Bonchev–Trinajstić information content (AvgIpc) is 3.06. The number of aromatic nitrogens is 4. The van der Waals surface area contributed by atoms with Gasteiger partial charge >= 0.3 is 6.18 Å². The molecule has 0 unspecified atom stereocenters. The lowest BCUT2D eigenvalue weighted by Gasteiger charge is -2.20. The normalized spacial score (nSPS) is 11.4. The Kier molecular flexibility index (Phi) is 10.6. The zero-order valence-electron chi connectivity index (χ0n) is 26.4. The molecule has 0 spiro atoms. The Morgan fingerprint density at radius 3 is 2.00 bits per heavy atom. The molecule has 2 heterocycles. The first-order valence-electron chi connectivity index (χ1n) is 14.8. The molecule has 0 bridgehead atoms. The lowest BCUT2D eigenvalue weighted by atomic mass is 10.0. The predicted molar refractivity (Wildman–Crippen MR) is 177 cm³/mol. The second kappa shape index (κ2) is 14.8. The number of thioether (sulfide) groups is 1. The van der Waals surface area contributed by atoms with Gasteiger partial charge in [-0.3, -0.25) is 9.59 Å². The molecule has 0 aliphatic heterocycles. The van der Waals surface area contributed by atoms with Gasteiger partial charge < -0.3 is 14.4 Å². The van der Waals surface area contributed by atoms with E-state index in [1.807, 2.05) is 26.2 Å². The van der Waals surface area contributed by atoms with E-state index in [-0.39, 0.29) is 31.2 Å². The minimum absolute atomic E-state index is 0.0950. The Morgan fingerprint density at radius 2 is 1.42 bits per heavy atom. The first-order valence-corrected chi connectivity index (χ1v) is 15.8. The van der Waals surface area contributed by atoms with E-state index in [1.54, 1.807) is 64.3 Å². The first-order chi connectivity index (χ1) is 22.9. The molecule has 0 aliphatic rings. The third-order valence-electron chi connectivity index (χ3n) is 7.45. The predicted octanol–water partition coefficient (Wildman–Crippen LogP) is 6.47. The van der Waals surface area contributed by atoms with E-state index >= 15 is 0 Å². The van der Waals surface area contributed by atoms with Gasteiger partial charge in [0, 0.05) is 64.0 Å². The van der Waals surface area contributed by atoms with Gasteiger partial charge in [0.15, 0.2) is 5.16 Å². The fourth-order valence-corrected chi connectivity index (χ4v) is 5.69. The number of rotatable bonds is 11. The summed E-state index contributed by atoms with van der Waals surface area (Å²) in [7, 11) is 5.32. The quantitative estimate of drug-likeness (QED) is 0.0902. The van der Waals surface area contributed by atoms with E-state index in [1.165, 1.54) is 36.0 Å². The van der Waals surface area contributed by atoms with Crippen LogP contribution in [-0.2, 0) is 36.2 Å². The maximum Gasteiger partial charge on any atom is 0.416 e. The highest BCUT2D eigenvalue weighted by Crippen LogP contribution is 2.31. The van der Waals surface area contributed by atoms with E-state index in [2.05, 4.69) is 15.0 Å². The molecule has 2 aromatic heterocycles. The maximum atomic E-state index is 13.5. The first kappa shape index (κ1) is 34.3. The number of amides is 1. The summed E-state index contributed by atoms with van der Waals surface area (Å²) in [5, 5.41) is 0.343. The monoisotopic (exact) mass is 676 g/mol. The van der Waals surface area contributed by atoms with Gasteiger partial charge in [-0.15, -0.1) is 0 Å². The van der Waals surface area contributed by atoms with Crippen molar-refractivity contribution in [1.82, 2.24) is 24.4 Å². The van der Waals surface area contributed by atoms with Crippen molar-refractivity contribution >= 4 is 23.6 Å². The van der Waals surface area contributed by atoms with E-state index in [0.29, 0.717) is 33.5 Å². The lowest BCUT2D eigenvalue weighted by molar-refractivity contribution is -0.137. The molecule has 5 rings (SSSR count). The zero-order chi connectivity index (χ0) is 34.4. The number of carbonyl (C=O) groups is 1. The van der Waals surface area contributed by atoms with Crippen molar-refractivity contribution in [1.29, 1.82) is 0 Å². The molecule has 0 radical (unpaired) electrons. The highest BCUT2D eigenvalue weighted by molar-refractivity contribution is 7.98. The summed E-state index contributed by atoms with van der Waals surface area (Å²) in [6, 6.07) is 18.2. The zero-order valence-corrected chi connectivity index (χ0v) is 27.2. The molecule has 48 heavy (non-hydrogen) atoms. The van der Waals surface area contributed by atoms with Crippen LogP contribution < -0.4 is 10.5 Å². The summed E-state index contributed by atoms with van der Waals surface area (Å²) in [6.45, 7) is 0.183. The van der Waals surface area contributed by atoms with Gasteiger partial charge in [0.1, 0.15) is 12.4 Å². The number of benzene rings is 3. The van der Waals surface area contributed by atoms with Crippen molar-refractivity contribution in [2.75, 3.05) is 26.0 Å². The average molecular weight is 677 g/mol. The van der Waals surface area contributed by atoms with Crippen molar-refractivity contribution in [2.24, 2.45) is 0 Å². The Hall–Kier alpha value is -5.04. The highest BCUT2D eigenvalue weighted by Gasteiger charge is 2.30. The molecular weight excluding hydrogens is 644 g/mol. The largest absolute Gasteiger partial charge is 0.416 e. The molecule has 0 saturated carbocycles. The molecule has 0 aliphatic carbocycles. The Bertz CT molecular complexity index is 1910. The molecule has 0 saturated heterocycles. The van der Waals surface area contributed by atoms with Gasteiger partial charge in [0.2, 0.25) is 11.9 Å². The summed E-state index contributed by atoms with van der Waals surface area (Å²) >= 11 is 1.27. The van der Waals surface area contributed by atoms with Crippen LogP contribution in [0.3, 0.4) is 0 Å². The Morgan fingerprint density at radius 1 is 0.833 bits per heavy atom. The van der Waals surface area contributed by atoms with Crippen molar-refractivity contribution in [3.05, 3.63) is 135 Å².